The Hall–Kier alpha value is -5.47. The van der Waals surface area contributed by atoms with Crippen LogP contribution in [0, 0.1) is 0 Å². The molecule has 2 heterocycles. The van der Waals surface area contributed by atoms with Gasteiger partial charge in [0.1, 0.15) is 11.5 Å². The Morgan fingerprint density at radius 3 is 1.83 bits per heavy atom. The van der Waals surface area contributed by atoms with Crippen molar-refractivity contribution < 1.29 is 4.74 Å². The maximum absolute atomic E-state index is 6.55. The lowest BCUT2D eigenvalue weighted by Crippen LogP contribution is -1.98. The number of benzene rings is 7. The molecule has 0 fully saturated rings. The fraction of sp³-hybridized carbons (Fsp3) is 0. The number of nitrogens with zero attached hydrogens (tertiary/aromatic N) is 1. The standard InChI is InChI=1S/C39H23NO/c1-2-12-27-24(9-1)10-7-17-29(27)39-32-15-5-3-13-30(32)37(31-14-4-6-16-33(31)39)25-19-20-28-34-23-40-22-26-11-8-18-35(38(26)34)41-36(28)21-25/h1-23H. The van der Waals surface area contributed by atoms with Gasteiger partial charge < -0.3 is 4.74 Å². The summed E-state index contributed by atoms with van der Waals surface area (Å²) < 4.78 is 6.55. The topological polar surface area (TPSA) is 22.1 Å². The van der Waals surface area contributed by atoms with Gasteiger partial charge in [-0.1, -0.05) is 109 Å². The summed E-state index contributed by atoms with van der Waals surface area (Å²) in [5, 5.41) is 9.68. The first-order valence-corrected chi connectivity index (χ1v) is 14.0. The van der Waals surface area contributed by atoms with Gasteiger partial charge in [-0.25, -0.2) is 0 Å². The highest BCUT2D eigenvalue weighted by atomic mass is 16.5. The number of pyridine rings is 1. The van der Waals surface area contributed by atoms with Gasteiger partial charge in [0.05, 0.1) is 0 Å². The molecule has 0 radical (unpaired) electrons. The second-order valence-electron chi connectivity index (χ2n) is 10.7. The summed E-state index contributed by atoms with van der Waals surface area (Å²) in [4.78, 5) is 4.52. The van der Waals surface area contributed by atoms with E-state index in [1.54, 1.807) is 0 Å². The van der Waals surface area contributed by atoms with Crippen LogP contribution in [0.4, 0.5) is 0 Å². The molecule has 0 spiro atoms. The molecule has 1 aromatic heterocycles. The molecule has 41 heavy (non-hydrogen) atoms. The number of rotatable bonds is 2. The summed E-state index contributed by atoms with van der Waals surface area (Å²) in [7, 11) is 0. The number of fused-ring (bicyclic) bond motifs is 5. The smallest absolute Gasteiger partial charge is 0.136 e. The van der Waals surface area contributed by atoms with Crippen molar-refractivity contribution in [1.82, 2.24) is 4.98 Å². The minimum absolute atomic E-state index is 0.863. The molecular weight excluding hydrogens is 498 g/mol. The molecule has 1 aliphatic heterocycles. The van der Waals surface area contributed by atoms with E-state index in [0.717, 1.165) is 39.0 Å². The SMILES string of the molecule is c1ccc2c(-c3c4ccccc4c(-c4ccc5c(c4)Oc4cccc6cncc-5c46)c4ccccc34)cccc2c1. The molecular formula is C39H23NO. The van der Waals surface area contributed by atoms with Crippen LogP contribution in [-0.2, 0) is 0 Å². The Kier molecular flexibility index (Phi) is 4.64. The van der Waals surface area contributed by atoms with Crippen LogP contribution in [0.2, 0.25) is 0 Å². The lowest BCUT2D eigenvalue weighted by atomic mass is 9.84. The molecule has 7 aromatic carbocycles. The first-order chi connectivity index (χ1) is 20.3. The van der Waals surface area contributed by atoms with E-state index in [1.165, 1.54) is 49.0 Å². The van der Waals surface area contributed by atoms with Gasteiger partial charge in [0, 0.05) is 34.3 Å². The highest BCUT2D eigenvalue weighted by molar-refractivity contribution is 6.23. The summed E-state index contributed by atoms with van der Waals surface area (Å²) in [6, 6.07) is 45.7. The molecule has 0 bridgehead atoms. The highest BCUT2D eigenvalue weighted by Crippen LogP contribution is 2.50. The first-order valence-electron chi connectivity index (χ1n) is 14.0. The molecule has 8 aromatic rings. The number of hydrogen-bond donors (Lipinski definition) is 0. The van der Waals surface area contributed by atoms with Crippen LogP contribution in [0.5, 0.6) is 11.5 Å². The van der Waals surface area contributed by atoms with Crippen molar-refractivity contribution in [3.8, 4) is 44.9 Å². The van der Waals surface area contributed by atoms with E-state index in [4.69, 9.17) is 4.74 Å². The Balaban J connectivity index is 1.35. The summed E-state index contributed by atoms with van der Waals surface area (Å²) in [6.45, 7) is 0. The molecule has 1 aliphatic rings. The van der Waals surface area contributed by atoms with Gasteiger partial charge in [-0.2, -0.15) is 0 Å². The van der Waals surface area contributed by atoms with Gasteiger partial charge in [-0.15, -0.1) is 0 Å². The van der Waals surface area contributed by atoms with Crippen molar-refractivity contribution in [3.63, 3.8) is 0 Å². The van der Waals surface area contributed by atoms with E-state index >= 15 is 0 Å². The quantitative estimate of drug-likeness (QED) is 0.211. The maximum atomic E-state index is 6.55. The third-order valence-electron chi connectivity index (χ3n) is 8.52. The van der Waals surface area contributed by atoms with Crippen molar-refractivity contribution in [2.45, 2.75) is 0 Å². The molecule has 190 valence electrons. The van der Waals surface area contributed by atoms with E-state index in [9.17, 15) is 0 Å². The van der Waals surface area contributed by atoms with Crippen LogP contribution >= 0.6 is 0 Å². The normalized spacial score (nSPS) is 12.1. The molecule has 0 atom stereocenters. The van der Waals surface area contributed by atoms with Crippen LogP contribution in [-0.4, -0.2) is 4.98 Å². The molecule has 2 heteroatoms. The maximum Gasteiger partial charge on any atom is 0.136 e. The van der Waals surface area contributed by atoms with Crippen LogP contribution in [0.1, 0.15) is 0 Å². The fourth-order valence-corrected chi connectivity index (χ4v) is 6.77. The minimum Gasteiger partial charge on any atom is -0.456 e. The second-order valence-corrected chi connectivity index (χ2v) is 10.7. The van der Waals surface area contributed by atoms with Gasteiger partial charge in [0.15, 0.2) is 0 Å². The van der Waals surface area contributed by atoms with Crippen molar-refractivity contribution in [2.24, 2.45) is 0 Å². The third kappa shape index (κ3) is 3.22. The van der Waals surface area contributed by atoms with Gasteiger partial charge in [0.2, 0.25) is 0 Å². The predicted molar refractivity (Wildman–Crippen MR) is 171 cm³/mol. The number of aromatic nitrogens is 1. The molecule has 9 rings (SSSR count). The molecule has 0 amide bonds. The van der Waals surface area contributed by atoms with Gasteiger partial charge in [0.25, 0.3) is 0 Å². The Labute approximate surface area is 237 Å². The molecule has 0 saturated heterocycles. The molecule has 0 N–H and O–H groups in total. The van der Waals surface area contributed by atoms with Crippen molar-refractivity contribution in [3.05, 3.63) is 140 Å². The van der Waals surface area contributed by atoms with E-state index < -0.39 is 0 Å². The molecule has 0 aliphatic carbocycles. The monoisotopic (exact) mass is 521 g/mol. The van der Waals surface area contributed by atoms with Crippen molar-refractivity contribution in [1.29, 1.82) is 0 Å². The summed E-state index contributed by atoms with van der Waals surface area (Å²) in [5.41, 5.74) is 7.09. The molecule has 0 unspecified atom stereocenters. The lowest BCUT2D eigenvalue weighted by Gasteiger charge is -2.23. The van der Waals surface area contributed by atoms with E-state index in [1.807, 2.05) is 24.5 Å². The highest BCUT2D eigenvalue weighted by Gasteiger charge is 2.23. The van der Waals surface area contributed by atoms with Crippen LogP contribution in [0.3, 0.4) is 0 Å². The van der Waals surface area contributed by atoms with Crippen molar-refractivity contribution in [2.75, 3.05) is 0 Å². The minimum atomic E-state index is 0.863. The zero-order valence-electron chi connectivity index (χ0n) is 22.1. The Morgan fingerprint density at radius 1 is 0.415 bits per heavy atom. The van der Waals surface area contributed by atoms with Gasteiger partial charge >= 0.3 is 0 Å². The third-order valence-corrected chi connectivity index (χ3v) is 8.52. The van der Waals surface area contributed by atoms with E-state index in [-0.39, 0.29) is 0 Å². The number of hydrogen-bond acceptors (Lipinski definition) is 2. The Morgan fingerprint density at radius 2 is 1.05 bits per heavy atom. The van der Waals surface area contributed by atoms with Gasteiger partial charge in [-0.3, -0.25) is 4.98 Å². The zero-order chi connectivity index (χ0) is 26.9. The molecule has 2 nitrogen and oxygen atoms in total. The average Bonchev–Trinajstić information content (AvgIpc) is 3.03. The molecule has 0 saturated carbocycles. The fourth-order valence-electron chi connectivity index (χ4n) is 6.77. The predicted octanol–water partition coefficient (Wildman–Crippen LogP) is 10.8. The largest absolute Gasteiger partial charge is 0.456 e. The second kappa shape index (κ2) is 8.51. The van der Waals surface area contributed by atoms with Crippen LogP contribution in [0.15, 0.2) is 140 Å². The summed E-state index contributed by atoms with van der Waals surface area (Å²) in [6.07, 6.45) is 3.86. The van der Waals surface area contributed by atoms with Crippen LogP contribution < -0.4 is 4.74 Å². The van der Waals surface area contributed by atoms with E-state index in [0.29, 0.717) is 0 Å². The average molecular weight is 522 g/mol. The Bertz CT molecular complexity index is 2280. The lowest BCUT2D eigenvalue weighted by molar-refractivity contribution is 0.487. The van der Waals surface area contributed by atoms with Crippen LogP contribution in [0.25, 0.3) is 76.5 Å². The summed E-state index contributed by atoms with van der Waals surface area (Å²) >= 11 is 0. The first kappa shape index (κ1) is 22.4. The zero-order valence-corrected chi connectivity index (χ0v) is 22.1. The summed E-state index contributed by atoms with van der Waals surface area (Å²) in [5.74, 6) is 1.74. The van der Waals surface area contributed by atoms with Crippen molar-refractivity contribution >= 4 is 43.1 Å². The van der Waals surface area contributed by atoms with E-state index in [2.05, 4.69) is 120 Å². The van der Waals surface area contributed by atoms with Gasteiger partial charge in [-0.05, 0) is 72.8 Å². The number of ether oxygens (including phenoxy) is 1.